The molecule has 5 aliphatic rings. The smallest absolute Gasteiger partial charge is 0.409 e. The number of anilines is 2. The second kappa shape index (κ2) is 45.0. The number of carbonyl (C=O) groups excluding carboxylic acids is 5. The van der Waals surface area contributed by atoms with Crippen molar-refractivity contribution in [3.05, 3.63) is 306 Å². The van der Waals surface area contributed by atoms with Gasteiger partial charge in [-0.05, 0) is 162 Å². The highest BCUT2D eigenvalue weighted by molar-refractivity contribution is 7.44. The van der Waals surface area contributed by atoms with E-state index in [1.165, 1.54) is 27.9 Å². The van der Waals surface area contributed by atoms with Crippen LogP contribution < -0.4 is 42.0 Å². The Kier molecular flexibility index (Phi) is 32.2. The Labute approximate surface area is 774 Å². The average Bonchev–Trinajstić information content (AvgIpc) is 1.28. The van der Waals surface area contributed by atoms with Gasteiger partial charge in [0.05, 0.1) is 58.0 Å². The van der Waals surface area contributed by atoms with Gasteiger partial charge in [0.25, 0.3) is 20.0 Å². The fourth-order valence-corrected chi connectivity index (χ4v) is 20.8. The second-order valence-electron chi connectivity index (χ2n) is 33.5. The molecule has 9 atom stereocenters. The van der Waals surface area contributed by atoms with Gasteiger partial charge < -0.3 is 86.9 Å². The lowest BCUT2D eigenvalue weighted by atomic mass is 9.80. The number of nitrogens with one attached hydrogen (secondary N) is 6. The first-order chi connectivity index (χ1) is 64.7. The predicted octanol–water partition coefficient (Wildman–Crippen LogP) is 16.3. The summed E-state index contributed by atoms with van der Waals surface area (Å²) < 4.78 is 82.1. The minimum Gasteiger partial charge on any atom is -0.497 e. The van der Waals surface area contributed by atoms with E-state index in [9.17, 15) is 33.6 Å². The fraction of sp³-hybridized carbons (Fsp3) is 0.370. The zero-order chi connectivity index (χ0) is 93.1. The minimum absolute atomic E-state index is 0.00156. The Morgan fingerprint density at radius 1 is 0.639 bits per heavy atom. The third-order valence-corrected chi connectivity index (χ3v) is 27.7. The molecular weight excluding hydrogens is 1740 g/mol. The highest BCUT2D eigenvalue weighted by Gasteiger charge is 2.49. The van der Waals surface area contributed by atoms with E-state index in [1.54, 1.807) is 45.5 Å². The van der Waals surface area contributed by atoms with Crippen molar-refractivity contribution in [3.8, 4) is 33.8 Å². The minimum atomic E-state index is -2.47. The Balaban J connectivity index is 0.635. The van der Waals surface area contributed by atoms with Crippen LogP contribution in [0.3, 0.4) is 0 Å². The van der Waals surface area contributed by atoms with Crippen molar-refractivity contribution in [2.24, 2.45) is 0 Å². The first kappa shape index (κ1) is 95.3. The monoisotopic (exact) mass is 1840 g/mol. The van der Waals surface area contributed by atoms with Gasteiger partial charge in [-0.25, -0.2) is 30.6 Å². The van der Waals surface area contributed by atoms with Crippen LogP contribution in [-0.4, -0.2) is 188 Å². The zero-order valence-corrected chi connectivity index (χ0v) is 77.0. The molecule has 2 aliphatic heterocycles. The Morgan fingerprint density at radius 2 is 1.22 bits per heavy atom. The molecule has 0 spiro atoms. The van der Waals surface area contributed by atoms with Crippen molar-refractivity contribution in [2.45, 2.75) is 158 Å². The summed E-state index contributed by atoms with van der Waals surface area (Å²) in [6.45, 7) is 16.1. The number of ether oxygens (including phenoxy) is 7. The maximum atomic E-state index is 14.4. The van der Waals surface area contributed by atoms with E-state index in [-0.39, 0.29) is 134 Å². The molecule has 5 amide bonds. The van der Waals surface area contributed by atoms with Gasteiger partial charge in [-0.15, -0.1) is 0 Å². The van der Waals surface area contributed by atoms with Crippen LogP contribution in [0.5, 0.6) is 11.5 Å². The summed E-state index contributed by atoms with van der Waals surface area (Å²) >= 11 is 0. The van der Waals surface area contributed by atoms with Crippen LogP contribution in [0.2, 0.25) is 0 Å². The first-order valence-corrected chi connectivity index (χ1v) is 47.0. The van der Waals surface area contributed by atoms with Crippen LogP contribution in [0.4, 0.5) is 21.4 Å². The summed E-state index contributed by atoms with van der Waals surface area (Å²) in [6, 6.07) is 65.4. The zero-order valence-electron chi connectivity index (χ0n) is 75.2. The number of benzene rings is 8. The molecular formula is C100H110N12O19P2. The van der Waals surface area contributed by atoms with E-state index in [0.29, 0.717) is 47.6 Å². The van der Waals surface area contributed by atoms with Crippen LogP contribution in [-0.2, 0) is 74.5 Å². The molecule has 6 N–H and O–H groups in total. The van der Waals surface area contributed by atoms with Gasteiger partial charge in [-0.3, -0.25) is 34.0 Å². The maximum absolute atomic E-state index is 14.4. The molecule has 31 nitrogen and oxygen atoms in total. The lowest BCUT2D eigenvalue weighted by Crippen LogP contribution is -2.38. The summed E-state index contributed by atoms with van der Waals surface area (Å²) in [7, 11) is 0.467. The molecule has 0 radical (unpaired) electrons. The van der Waals surface area contributed by atoms with Crippen molar-refractivity contribution < 1.29 is 79.7 Å². The topological polar surface area (TPSA) is 360 Å². The van der Waals surface area contributed by atoms with Crippen LogP contribution in [0.1, 0.15) is 163 Å². The molecule has 694 valence electrons. The van der Waals surface area contributed by atoms with Gasteiger partial charge in [0.1, 0.15) is 61.2 Å². The van der Waals surface area contributed by atoms with Crippen LogP contribution >= 0.6 is 17.1 Å². The highest BCUT2D eigenvalue weighted by Crippen LogP contribution is 2.54. The van der Waals surface area contributed by atoms with E-state index in [0.717, 1.165) is 66.8 Å². The van der Waals surface area contributed by atoms with E-state index >= 15 is 0 Å². The average molecular weight is 1850 g/mol. The molecule has 3 aliphatic carbocycles. The molecule has 0 bridgehead atoms. The summed E-state index contributed by atoms with van der Waals surface area (Å²) in [5.74, 6) is -1.04. The molecule has 15 rings (SSSR count). The standard InChI is InChI=1S/C100H110N12O19P2/c1-63(2)112(64(3)4)132(125-54-21-49-101)130-86-57-92(111-53-48-89(106-97(111)117)105-90(113)32-20-52-110(6)99(119)123-60-83-78-30-18-14-26-74(78)75-27-15-19-31-79(75)83)129-88(86)62-127-133(126-55-51-102-5)131-85-56-84(128-87(85)61-124-100(67-22-10-9-11-23-67,68-37-41-70(120-7)42-38-68)69-39-43-71(121-8)44-40-69)80-45-46-81-93(80)108-96(109-95(81)116)107-91(114)47-50-103-94(115)66-35-33-65(34-36-66)58-104-98(118)122-59-82-76-28-16-12-24-72(76)73-25-13-17-29-77(73)82/h9-19,22-31,33-44,48-49,53,63-64,80,82-88,92,101H,20-21,32,45-47,50-52,54-62H2,1-4,6-8H3,(H,103,115)(H,104,118)(H,105,106,113,117)(H2,107,108,109,114,116)/t80?,84-,85?,86?,87-,88-,92-,132?,133?/m1/s1. The third-order valence-electron chi connectivity index (χ3n) is 24.3. The van der Waals surface area contributed by atoms with E-state index in [4.69, 9.17) is 72.7 Å². The van der Waals surface area contributed by atoms with Gasteiger partial charge in [-0.2, -0.15) is 4.98 Å². The molecule has 133 heavy (non-hydrogen) atoms. The number of amides is 5. The molecule has 2 saturated heterocycles. The first-order valence-electron chi connectivity index (χ1n) is 44.8. The van der Waals surface area contributed by atoms with Crippen molar-refractivity contribution in [1.29, 1.82) is 5.41 Å². The number of carbonyl (C=O) groups is 5. The lowest BCUT2D eigenvalue weighted by Gasteiger charge is -2.37. The SMILES string of the molecule is [C-]#[N+]CCOP(OC[C@H]1O[C@@H](n2ccc(NC(=O)CCCN(C)C(=O)OCC3c4ccccc4-c4ccccc43)nc2=O)CC1OP(OCCC=N)N(C(C)C)C(C)C)OC1C[C@H](C2CCc3c2nc(NC(=O)CCNC(=O)c2ccc(CNC(=O)OCC4c5ccccc5-c5ccccc54)cc2)[nH]c3=O)O[C@@H]1COC(c1ccccc1)(c1ccc(OC)cc1)c1ccc(OC)cc1. The number of hydrogen-bond acceptors (Lipinski definition) is 23. The van der Waals surface area contributed by atoms with E-state index < -0.39 is 107 Å². The molecule has 0 saturated carbocycles. The fourth-order valence-electron chi connectivity index (χ4n) is 17.9. The summed E-state index contributed by atoms with van der Waals surface area (Å²) in [5.41, 5.74) is 10.5. The number of fused-ring (bicyclic) bond motifs is 7. The number of aromatic nitrogens is 4. The van der Waals surface area contributed by atoms with Gasteiger partial charge >= 0.3 is 26.5 Å². The molecule has 33 heteroatoms. The molecule has 2 aromatic heterocycles. The number of alkyl carbamates (subject to hydrolysis) is 1. The van der Waals surface area contributed by atoms with Crippen LogP contribution in [0.25, 0.3) is 27.1 Å². The van der Waals surface area contributed by atoms with Crippen molar-refractivity contribution >= 4 is 65.0 Å². The van der Waals surface area contributed by atoms with E-state index in [2.05, 4.69) is 89.3 Å². The molecule has 8 aromatic carbocycles. The maximum Gasteiger partial charge on any atom is 0.409 e. The number of rotatable bonds is 43. The van der Waals surface area contributed by atoms with Gasteiger partial charge in [0.2, 0.25) is 24.3 Å². The van der Waals surface area contributed by atoms with Crippen molar-refractivity contribution in [1.82, 2.24) is 39.7 Å². The molecule has 2 fully saturated rings. The number of methoxy groups -OCH3 is 2. The quantitative estimate of drug-likeness (QED) is 0.00679. The summed E-state index contributed by atoms with van der Waals surface area (Å²) in [5, 5.41) is 19.0. The number of aromatic amines is 1. The third kappa shape index (κ3) is 22.8. The number of nitrogens with zero attached hydrogens (tertiary/aromatic N) is 6. The number of hydrogen-bond donors (Lipinski definition) is 6. The molecule has 10 aromatic rings. The van der Waals surface area contributed by atoms with Gasteiger partial charge in [0, 0.05) is 106 Å². The summed E-state index contributed by atoms with van der Waals surface area (Å²) in [6.07, 6.45) is -2.37. The largest absolute Gasteiger partial charge is 0.497 e. The van der Waals surface area contributed by atoms with Crippen molar-refractivity contribution in [2.75, 3.05) is 91.2 Å². The lowest BCUT2D eigenvalue weighted by molar-refractivity contribution is -0.117. The van der Waals surface area contributed by atoms with Crippen LogP contribution in [0.15, 0.2) is 222 Å². The normalized spacial score (nSPS) is 18.1. The molecule has 4 heterocycles. The summed E-state index contributed by atoms with van der Waals surface area (Å²) in [4.78, 5) is 113. The van der Waals surface area contributed by atoms with E-state index in [1.807, 2.05) is 155 Å². The second-order valence-corrected chi connectivity index (χ2v) is 36.1. The Morgan fingerprint density at radius 3 is 1.81 bits per heavy atom. The van der Waals surface area contributed by atoms with Gasteiger partial charge in [0.15, 0.2) is 0 Å². The van der Waals surface area contributed by atoms with Gasteiger partial charge in [-0.1, -0.05) is 164 Å². The highest BCUT2D eigenvalue weighted by atomic mass is 31.2. The Bertz CT molecular complexity index is 5740. The Hall–Kier alpha value is -12.3. The van der Waals surface area contributed by atoms with Crippen molar-refractivity contribution in [3.63, 3.8) is 0 Å². The number of H-pyrrole nitrogens is 1. The predicted molar refractivity (Wildman–Crippen MR) is 502 cm³/mol. The molecule has 5 unspecified atom stereocenters. The van der Waals surface area contributed by atoms with Crippen LogP contribution in [0, 0.1) is 12.0 Å².